The molecule has 0 spiro atoms. The Morgan fingerprint density at radius 2 is 1.83 bits per heavy atom. The first-order chi connectivity index (χ1) is 11.0. The number of aryl methyl sites for hydroxylation is 1. The van der Waals surface area contributed by atoms with Crippen molar-refractivity contribution in [2.24, 2.45) is 0 Å². The van der Waals surface area contributed by atoms with Gasteiger partial charge in [-0.2, -0.15) is 0 Å². The topological polar surface area (TPSA) is 81.8 Å². The maximum absolute atomic E-state index is 12.9. The largest absolute Gasteiger partial charge is 0.506 e. The van der Waals surface area contributed by atoms with Gasteiger partial charge in [0.2, 0.25) is 0 Å². The van der Waals surface area contributed by atoms with Crippen molar-refractivity contribution in [3.8, 4) is 16.9 Å². The highest BCUT2D eigenvalue weighted by Crippen LogP contribution is 2.52. The lowest BCUT2D eigenvalue weighted by molar-refractivity contribution is 0.286. The second kappa shape index (κ2) is 5.81. The maximum Gasteiger partial charge on any atom is 0.365 e. The Morgan fingerprint density at radius 1 is 1.17 bits per heavy atom. The minimum absolute atomic E-state index is 0.0672. The fourth-order valence-electron chi connectivity index (χ4n) is 2.58. The van der Waals surface area contributed by atoms with Gasteiger partial charge in [0.05, 0.1) is 11.1 Å². The van der Waals surface area contributed by atoms with Crippen LogP contribution in [0.15, 0.2) is 40.9 Å². The Kier molecular flexibility index (Phi) is 3.98. The zero-order valence-corrected chi connectivity index (χ0v) is 13.8. The van der Waals surface area contributed by atoms with E-state index in [2.05, 4.69) is 5.16 Å². The summed E-state index contributed by atoms with van der Waals surface area (Å²) in [6.45, 7) is 1.70. The van der Waals surface area contributed by atoms with Crippen LogP contribution in [0.3, 0.4) is 0 Å². The van der Waals surface area contributed by atoms with Gasteiger partial charge in [0, 0.05) is 19.8 Å². The van der Waals surface area contributed by atoms with Crippen LogP contribution in [0.1, 0.15) is 5.69 Å². The van der Waals surface area contributed by atoms with Crippen molar-refractivity contribution in [1.29, 1.82) is 0 Å². The standard InChI is InChI=1S/C16H16NO5P/c1-10-14-13(22-17-10)9-12(11-7-5-4-6-8-11)15(18)16(14)23(19,20-2)21-3/h4-9,18H,1-3H3. The number of hydrogen-bond acceptors (Lipinski definition) is 6. The Labute approximate surface area is 133 Å². The third-order valence-electron chi connectivity index (χ3n) is 3.72. The summed E-state index contributed by atoms with van der Waals surface area (Å²) < 4.78 is 28.4. The summed E-state index contributed by atoms with van der Waals surface area (Å²) in [6.07, 6.45) is 0. The van der Waals surface area contributed by atoms with Crippen molar-refractivity contribution >= 4 is 23.9 Å². The summed E-state index contributed by atoms with van der Waals surface area (Å²) in [5.74, 6) is -0.165. The number of phenolic OH excluding ortho intramolecular Hbond substituents is 1. The minimum Gasteiger partial charge on any atom is -0.506 e. The van der Waals surface area contributed by atoms with Gasteiger partial charge in [0.15, 0.2) is 5.58 Å². The predicted octanol–water partition coefficient (Wildman–Crippen LogP) is 3.62. The number of nitrogens with zero attached hydrogens (tertiary/aromatic N) is 1. The van der Waals surface area contributed by atoms with Crippen molar-refractivity contribution < 1.29 is 23.2 Å². The summed E-state index contributed by atoms with van der Waals surface area (Å²) in [4.78, 5) is 0. The second-order valence-corrected chi connectivity index (χ2v) is 7.16. The number of benzene rings is 2. The van der Waals surface area contributed by atoms with Gasteiger partial charge < -0.3 is 18.7 Å². The van der Waals surface area contributed by atoms with Crippen LogP contribution in [0.5, 0.6) is 5.75 Å². The van der Waals surface area contributed by atoms with Crippen LogP contribution in [0, 0.1) is 6.92 Å². The van der Waals surface area contributed by atoms with Crippen molar-refractivity contribution in [3.05, 3.63) is 42.1 Å². The van der Waals surface area contributed by atoms with Crippen molar-refractivity contribution in [2.45, 2.75) is 6.92 Å². The summed E-state index contributed by atoms with van der Waals surface area (Å²) in [5, 5.41) is 15.2. The molecular formula is C16H16NO5P. The molecule has 1 N–H and O–H groups in total. The van der Waals surface area contributed by atoms with Crippen LogP contribution in [0.25, 0.3) is 22.1 Å². The average molecular weight is 333 g/mol. The summed E-state index contributed by atoms with van der Waals surface area (Å²) in [5.41, 5.74) is 2.13. The highest BCUT2D eigenvalue weighted by molar-refractivity contribution is 7.63. The number of rotatable bonds is 4. The zero-order chi connectivity index (χ0) is 16.6. The molecule has 2 aromatic carbocycles. The fourth-order valence-corrected chi connectivity index (χ4v) is 4.02. The van der Waals surface area contributed by atoms with Gasteiger partial charge in [0.1, 0.15) is 11.1 Å². The first kappa shape index (κ1) is 15.7. The van der Waals surface area contributed by atoms with Gasteiger partial charge in [-0.05, 0) is 18.6 Å². The van der Waals surface area contributed by atoms with E-state index < -0.39 is 7.60 Å². The molecule has 6 nitrogen and oxygen atoms in total. The van der Waals surface area contributed by atoms with Crippen molar-refractivity contribution in [3.63, 3.8) is 0 Å². The molecule has 0 amide bonds. The number of fused-ring (bicyclic) bond motifs is 1. The third kappa shape index (κ3) is 2.45. The van der Waals surface area contributed by atoms with Gasteiger partial charge in [-0.3, -0.25) is 4.57 Å². The highest BCUT2D eigenvalue weighted by Gasteiger charge is 2.34. The monoisotopic (exact) mass is 333 g/mol. The molecule has 0 aliphatic heterocycles. The first-order valence-corrected chi connectivity index (χ1v) is 8.45. The lowest BCUT2D eigenvalue weighted by atomic mass is 10.0. The third-order valence-corrected chi connectivity index (χ3v) is 5.66. The Hall–Kier alpha value is -2.14. The lowest BCUT2D eigenvalue weighted by Gasteiger charge is -2.18. The first-order valence-electron chi connectivity index (χ1n) is 6.91. The Bertz CT molecular complexity index is 896. The molecular weight excluding hydrogens is 317 g/mol. The highest BCUT2D eigenvalue weighted by atomic mass is 31.2. The van der Waals surface area contributed by atoms with Crippen LogP contribution >= 0.6 is 7.60 Å². The summed E-state index contributed by atoms with van der Waals surface area (Å²) in [6, 6.07) is 10.9. The van der Waals surface area contributed by atoms with Gasteiger partial charge in [-0.1, -0.05) is 35.5 Å². The quantitative estimate of drug-likeness (QED) is 0.734. The van der Waals surface area contributed by atoms with Gasteiger partial charge >= 0.3 is 7.60 Å². The van der Waals surface area contributed by atoms with Crippen LogP contribution < -0.4 is 5.30 Å². The van der Waals surface area contributed by atoms with E-state index in [0.29, 0.717) is 22.2 Å². The van der Waals surface area contributed by atoms with E-state index in [1.807, 2.05) is 30.3 Å². The normalized spacial score (nSPS) is 12.0. The number of phenols is 1. The van der Waals surface area contributed by atoms with Crippen LogP contribution in [-0.2, 0) is 13.6 Å². The molecule has 3 rings (SSSR count). The summed E-state index contributed by atoms with van der Waals surface area (Å²) >= 11 is 0. The lowest BCUT2D eigenvalue weighted by Crippen LogP contribution is -2.11. The minimum atomic E-state index is -3.71. The van der Waals surface area contributed by atoms with E-state index in [4.69, 9.17) is 13.6 Å². The molecule has 120 valence electrons. The molecule has 0 bridgehead atoms. The SMILES string of the molecule is COP(=O)(OC)c1c(O)c(-c2ccccc2)cc2onc(C)c12. The molecule has 0 aliphatic rings. The molecule has 23 heavy (non-hydrogen) atoms. The van der Waals surface area contributed by atoms with E-state index in [9.17, 15) is 9.67 Å². The molecule has 0 radical (unpaired) electrons. The van der Waals surface area contributed by atoms with Crippen molar-refractivity contribution in [2.75, 3.05) is 14.2 Å². The average Bonchev–Trinajstić information content (AvgIpc) is 2.95. The van der Waals surface area contributed by atoms with E-state index in [-0.39, 0.29) is 11.1 Å². The van der Waals surface area contributed by atoms with Gasteiger partial charge in [0.25, 0.3) is 0 Å². The molecule has 0 fully saturated rings. The molecule has 1 heterocycles. The van der Waals surface area contributed by atoms with Crippen LogP contribution in [0.4, 0.5) is 0 Å². The van der Waals surface area contributed by atoms with Gasteiger partial charge in [-0.15, -0.1) is 0 Å². The molecule has 3 aromatic rings. The zero-order valence-electron chi connectivity index (χ0n) is 12.9. The van der Waals surface area contributed by atoms with Crippen LogP contribution in [0.2, 0.25) is 0 Å². The molecule has 0 saturated carbocycles. The number of aromatic hydroxyl groups is 1. The fraction of sp³-hybridized carbons (Fsp3) is 0.188. The second-order valence-electron chi connectivity index (χ2n) is 4.99. The van der Waals surface area contributed by atoms with Crippen molar-refractivity contribution in [1.82, 2.24) is 5.16 Å². The van der Waals surface area contributed by atoms with Gasteiger partial charge in [-0.25, -0.2) is 0 Å². The Balaban J connectivity index is 2.43. The molecule has 0 atom stereocenters. The summed E-state index contributed by atoms with van der Waals surface area (Å²) in [7, 11) is -1.16. The number of hydrogen-bond donors (Lipinski definition) is 1. The smallest absolute Gasteiger partial charge is 0.365 e. The Morgan fingerprint density at radius 3 is 2.43 bits per heavy atom. The van der Waals surface area contributed by atoms with E-state index in [1.165, 1.54) is 14.2 Å². The molecule has 0 aliphatic carbocycles. The van der Waals surface area contributed by atoms with E-state index in [1.54, 1.807) is 13.0 Å². The molecule has 0 unspecified atom stereocenters. The van der Waals surface area contributed by atoms with E-state index >= 15 is 0 Å². The van der Waals surface area contributed by atoms with Crippen LogP contribution in [-0.4, -0.2) is 24.5 Å². The predicted molar refractivity (Wildman–Crippen MR) is 87.1 cm³/mol. The number of aromatic nitrogens is 1. The molecule has 0 saturated heterocycles. The molecule has 1 aromatic heterocycles. The van der Waals surface area contributed by atoms with E-state index in [0.717, 1.165) is 5.56 Å². The maximum atomic E-state index is 12.9. The molecule has 7 heteroatoms.